The third kappa shape index (κ3) is 3.20. The molecule has 0 N–H and O–H groups in total. The predicted molar refractivity (Wildman–Crippen MR) is 64.7 cm³/mol. The lowest BCUT2D eigenvalue weighted by atomic mass is 10.3. The molecule has 2 aromatic rings. The monoisotopic (exact) mass is 244 g/mol. The average Bonchev–Trinajstić information content (AvgIpc) is 2.39. The van der Waals surface area contributed by atoms with E-state index in [0.717, 1.165) is 11.4 Å². The van der Waals surface area contributed by atoms with Crippen molar-refractivity contribution in [2.24, 2.45) is 0 Å². The molecule has 1 heterocycles. The maximum Gasteiger partial charge on any atom is 0.130 e. The molecule has 1 aromatic heterocycles. The first-order valence-corrected chi connectivity index (χ1v) is 5.39. The van der Waals surface area contributed by atoms with Crippen LogP contribution in [-0.2, 0) is 6.61 Å². The molecule has 0 aliphatic carbocycles. The van der Waals surface area contributed by atoms with Crippen LogP contribution in [0.2, 0.25) is 5.02 Å². The van der Waals surface area contributed by atoms with E-state index in [0.29, 0.717) is 17.2 Å². The highest BCUT2D eigenvalue weighted by Gasteiger charge is 1.98. The van der Waals surface area contributed by atoms with Gasteiger partial charge in [0.1, 0.15) is 18.4 Å². The van der Waals surface area contributed by atoms with Gasteiger partial charge in [0.15, 0.2) is 0 Å². The molecule has 0 unspecified atom stereocenters. The van der Waals surface area contributed by atoms with E-state index in [9.17, 15) is 0 Å². The highest BCUT2D eigenvalue weighted by molar-refractivity contribution is 6.30. The third-order valence-electron chi connectivity index (χ3n) is 2.15. The standard InChI is InChI=1S/C13H9ClN2O/c14-11-2-5-13(6-3-11)17-9-12-4-1-10(7-15)8-16-12/h1-6,8H,9H2. The molecule has 0 atom stereocenters. The molecule has 3 nitrogen and oxygen atoms in total. The summed E-state index contributed by atoms with van der Waals surface area (Å²) in [5.41, 5.74) is 1.32. The minimum absolute atomic E-state index is 0.368. The zero-order chi connectivity index (χ0) is 12.1. The van der Waals surface area contributed by atoms with Gasteiger partial charge in [-0.25, -0.2) is 0 Å². The van der Waals surface area contributed by atoms with Crippen LogP contribution in [0.5, 0.6) is 5.75 Å². The zero-order valence-corrected chi connectivity index (χ0v) is 9.69. The Morgan fingerprint density at radius 1 is 1.18 bits per heavy atom. The Hall–Kier alpha value is -2.05. The SMILES string of the molecule is N#Cc1ccc(COc2ccc(Cl)cc2)nc1. The topological polar surface area (TPSA) is 45.9 Å². The number of ether oxygens (including phenoxy) is 1. The average molecular weight is 245 g/mol. The van der Waals surface area contributed by atoms with Crippen LogP contribution >= 0.6 is 11.6 Å². The largest absolute Gasteiger partial charge is 0.487 e. The highest BCUT2D eigenvalue weighted by atomic mass is 35.5. The molecule has 0 saturated heterocycles. The van der Waals surface area contributed by atoms with E-state index in [1.54, 1.807) is 36.4 Å². The first-order valence-electron chi connectivity index (χ1n) is 5.01. The van der Waals surface area contributed by atoms with Gasteiger partial charge in [0, 0.05) is 11.2 Å². The summed E-state index contributed by atoms with van der Waals surface area (Å²) in [7, 11) is 0. The van der Waals surface area contributed by atoms with Crippen molar-refractivity contribution in [3.05, 3.63) is 58.9 Å². The molecular weight excluding hydrogens is 236 g/mol. The Labute approximate surface area is 104 Å². The molecule has 1 aromatic carbocycles. The van der Waals surface area contributed by atoms with Crippen molar-refractivity contribution in [3.63, 3.8) is 0 Å². The van der Waals surface area contributed by atoms with E-state index in [2.05, 4.69) is 4.98 Å². The van der Waals surface area contributed by atoms with Crippen molar-refractivity contribution < 1.29 is 4.74 Å². The van der Waals surface area contributed by atoms with Crippen LogP contribution in [0, 0.1) is 11.3 Å². The van der Waals surface area contributed by atoms with Gasteiger partial charge in [-0.3, -0.25) is 4.98 Å². The lowest BCUT2D eigenvalue weighted by Gasteiger charge is -2.05. The second-order valence-electron chi connectivity index (χ2n) is 3.39. The molecule has 4 heteroatoms. The van der Waals surface area contributed by atoms with Crippen LogP contribution in [0.15, 0.2) is 42.6 Å². The molecule has 0 radical (unpaired) electrons. The lowest BCUT2D eigenvalue weighted by Crippen LogP contribution is -1.97. The highest BCUT2D eigenvalue weighted by Crippen LogP contribution is 2.16. The molecule has 0 bridgehead atoms. The Morgan fingerprint density at radius 2 is 1.94 bits per heavy atom. The second kappa shape index (κ2) is 5.33. The van der Waals surface area contributed by atoms with Crippen molar-refractivity contribution in [2.45, 2.75) is 6.61 Å². The van der Waals surface area contributed by atoms with Gasteiger partial charge in [-0.05, 0) is 36.4 Å². The summed E-state index contributed by atoms with van der Waals surface area (Å²) < 4.78 is 5.52. The van der Waals surface area contributed by atoms with Crippen molar-refractivity contribution in [1.82, 2.24) is 4.98 Å². The van der Waals surface area contributed by atoms with E-state index in [1.807, 2.05) is 6.07 Å². The maximum atomic E-state index is 8.63. The molecule has 2 rings (SSSR count). The van der Waals surface area contributed by atoms with Crippen LogP contribution in [0.3, 0.4) is 0 Å². The van der Waals surface area contributed by atoms with Crippen LogP contribution in [0.25, 0.3) is 0 Å². The van der Waals surface area contributed by atoms with Crippen LogP contribution in [0.1, 0.15) is 11.3 Å². The molecule has 0 fully saturated rings. The number of pyridine rings is 1. The summed E-state index contributed by atoms with van der Waals surface area (Å²) in [6, 6.07) is 12.6. The maximum absolute atomic E-state index is 8.63. The molecule has 0 amide bonds. The summed E-state index contributed by atoms with van der Waals surface area (Å²) in [5, 5.41) is 9.30. The number of nitriles is 1. The summed E-state index contributed by atoms with van der Waals surface area (Å²) in [4.78, 5) is 4.11. The molecule has 0 aliphatic heterocycles. The summed E-state index contributed by atoms with van der Waals surface area (Å²) >= 11 is 5.76. The smallest absolute Gasteiger partial charge is 0.130 e. The van der Waals surface area contributed by atoms with E-state index in [-0.39, 0.29) is 0 Å². The first kappa shape index (κ1) is 11.4. The van der Waals surface area contributed by atoms with Crippen molar-refractivity contribution in [3.8, 4) is 11.8 Å². The molecule has 0 spiro atoms. The molecule has 84 valence electrons. The van der Waals surface area contributed by atoms with Crippen molar-refractivity contribution in [1.29, 1.82) is 5.26 Å². The zero-order valence-electron chi connectivity index (χ0n) is 8.93. The minimum atomic E-state index is 0.368. The summed E-state index contributed by atoms with van der Waals surface area (Å²) in [6.45, 7) is 0.368. The van der Waals surface area contributed by atoms with Gasteiger partial charge >= 0.3 is 0 Å². The Balaban J connectivity index is 1.98. The number of hydrogen-bond donors (Lipinski definition) is 0. The van der Waals surface area contributed by atoms with Crippen LogP contribution in [0.4, 0.5) is 0 Å². The first-order chi connectivity index (χ1) is 8.28. The number of benzene rings is 1. The number of halogens is 1. The van der Waals surface area contributed by atoms with E-state index >= 15 is 0 Å². The van der Waals surface area contributed by atoms with Gasteiger partial charge < -0.3 is 4.74 Å². The minimum Gasteiger partial charge on any atom is -0.487 e. The van der Waals surface area contributed by atoms with E-state index < -0.39 is 0 Å². The molecule has 0 saturated carbocycles. The van der Waals surface area contributed by atoms with Gasteiger partial charge in [0.2, 0.25) is 0 Å². The van der Waals surface area contributed by atoms with Crippen LogP contribution < -0.4 is 4.74 Å². The Kier molecular flexibility index (Phi) is 3.59. The number of nitrogens with zero attached hydrogens (tertiary/aromatic N) is 2. The molecular formula is C13H9ClN2O. The van der Waals surface area contributed by atoms with Gasteiger partial charge in [-0.2, -0.15) is 5.26 Å². The predicted octanol–water partition coefficient (Wildman–Crippen LogP) is 3.19. The number of aromatic nitrogens is 1. The van der Waals surface area contributed by atoms with Gasteiger partial charge in [0.25, 0.3) is 0 Å². The second-order valence-corrected chi connectivity index (χ2v) is 3.83. The van der Waals surface area contributed by atoms with E-state index in [1.165, 1.54) is 6.20 Å². The summed E-state index contributed by atoms with van der Waals surface area (Å²) in [6.07, 6.45) is 1.53. The van der Waals surface area contributed by atoms with Gasteiger partial charge in [0.05, 0.1) is 11.3 Å². The number of rotatable bonds is 3. The normalized spacial score (nSPS) is 9.65. The number of hydrogen-bond acceptors (Lipinski definition) is 3. The van der Waals surface area contributed by atoms with Crippen LogP contribution in [-0.4, -0.2) is 4.98 Å². The fraction of sp³-hybridized carbons (Fsp3) is 0.0769. The lowest BCUT2D eigenvalue weighted by molar-refractivity contribution is 0.301. The Bertz CT molecular complexity index is 529. The van der Waals surface area contributed by atoms with Gasteiger partial charge in [-0.15, -0.1) is 0 Å². The fourth-order valence-corrected chi connectivity index (χ4v) is 1.39. The third-order valence-corrected chi connectivity index (χ3v) is 2.41. The molecule has 17 heavy (non-hydrogen) atoms. The van der Waals surface area contributed by atoms with E-state index in [4.69, 9.17) is 21.6 Å². The Morgan fingerprint density at radius 3 is 2.53 bits per heavy atom. The quantitative estimate of drug-likeness (QED) is 0.833. The van der Waals surface area contributed by atoms with Crippen molar-refractivity contribution in [2.75, 3.05) is 0 Å². The fourth-order valence-electron chi connectivity index (χ4n) is 1.26. The summed E-state index contributed by atoms with van der Waals surface area (Å²) in [5.74, 6) is 0.737. The molecule has 0 aliphatic rings. The van der Waals surface area contributed by atoms with Crippen molar-refractivity contribution >= 4 is 11.6 Å². The van der Waals surface area contributed by atoms with Gasteiger partial charge in [-0.1, -0.05) is 11.6 Å².